The van der Waals surface area contributed by atoms with Gasteiger partial charge in [-0.3, -0.25) is 24.3 Å². The largest absolute Gasteiger partial charge is 0.443 e. The molecule has 1 unspecified atom stereocenters. The summed E-state index contributed by atoms with van der Waals surface area (Å²) in [6.07, 6.45) is 0.636. The Hall–Kier alpha value is -4.12. The number of aromatic nitrogens is 1. The fraction of sp³-hybridized carbons (Fsp3) is 0.219. The van der Waals surface area contributed by atoms with E-state index in [9.17, 15) is 19.2 Å². The number of ether oxygens (including phenoxy) is 1. The van der Waals surface area contributed by atoms with Gasteiger partial charge in [0, 0.05) is 21.1 Å². The van der Waals surface area contributed by atoms with Crippen LogP contribution in [0.5, 0.6) is 0 Å². The van der Waals surface area contributed by atoms with Gasteiger partial charge in [-0.25, -0.2) is 9.69 Å². The second kappa shape index (κ2) is 11.0. The van der Waals surface area contributed by atoms with Gasteiger partial charge in [0.1, 0.15) is 11.6 Å². The average Bonchev–Trinajstić information content (AvgIpc) is 3.18. The second-order valence-electron chi connectivity index (χ2n) is 10.8. The molecule has 1 aromatic heterocycles. The highest BCUT2D eigenvalue weighted by Gasteiger charge is 2.48. The first kappa shape index (κ1) is 28.4. The molecule has 41 heavy (non-hydrogen) atoms. The topological polar surface area (TPSA) is 96.9 Å². The molecule has 0 saturated carbocycles. The number of hydrogen-bond acceptors (Lipinski definition) is 6. The molecule has 4 amide bonds. The van der Waals surface area contributed by atoms with Crippen molar-refractivity contribution in [2.75, 3.05) is 4.90 Å². The number of anilines is 1. The third-order valence-electron chi connectivity index (χ3n) is 6.85. The lowest BCUT2D eigenvalue weighted by molar-refractivity contribution is -0.122. The van der Waals surface area contributed by atoms with E-state index in [1.807, 2.05) is 36.4 Å². The van der Waals surface area contributed by atoms with E-state index in [0.29, 0.717) is 10.9 Å². The first-order valence-electron chi connectivity index (χ1n) is 13.1. The van der Waals surface area contributed by atoms with Crippen molar-refractivity contribution in [2.24, 2.45) is 0 Å². The predicted octanol–water partition coefficient (Wildman–Crippen LogP) is 6.58. The lowest BCUT2D eigenvalue weighted by Crippen LogP contribution is -2.55. The molecule has 0 N–H and O–H groups in total. The summed E-state index contributed by atoms with van der Waals surface area (Å²) < 4.78 is 6.63. The zero-order chi connectivity index (χ0) is 29.5. The number of nitrogens with zero attached hydrogens (tertiary/aromatic N) is 3. The molecule has 0 aliphatic carbocycles. The van der Waals surface area contributed by atoms with Gasteiger partial charge in [-0.2, -0.15) is 0 Å². The molecule has 2 heterocycles. The summed E-state index contributed by atoms with van der Waals surface area (Å²) in [7, 11) is 0. The summed E-state index contributed by atoms with van der Waals surface area (Å²) in [4.78, 5) is 62.4. The van der Waals surface area contributed by atoms with Crippen molar-refractivity contribution in [1.29, 1.82) is 0 Å². The van der Waals surface area contributed by atoms with Gasteiger partial charge in [-0.1, -0.05) is 49.4 Å². The molecule has 1 aliphatic rings. The van der Waals surface area contributed by atoms with E-state index in [-0.39, 0.29) is 16.8 Å². The van der Waals surface area contributed by atoms with Crippen LogP contribution < -0.4 is 4.90 Å². The SMILES string of the molecule is CC(c1cccc(I)c1)[C@@H](C(=O)N(C(=O)OC(C)(C)C)c1cccc2cccnc12)N1C(=O)c2ccccc2C1=O. The van der Waals surface area contributed by atoms with E-state index in [1.165, 1.54) is 0 Å². The minimum Gasteiger partial charge on any atom is -0.443 e. The minimum absolute atomic E-state index is 0.193. The number of pyridine rings is 1. The number of benzene rings is 3. The normalized spacial score (nSPS) is 14.5. The molecule has 5 rings (SSSR count). The van der Waals surface area contributed by atoms with E-state index in [4.69, 9.17) is 4.74 Å². The maximum Gasteiger partial charge on any atom is 0.421 e. The Kier molecular flexibility index (Phi) is 7.65. The Labute approximate surface area is 251 Å². The number of rotatable bonds is 5. The highest BCUT2D eigenvalue weighted by Crippen LogP contribution is 2.35. The summed E-state index contributed by atoms with van der Waals surface area (Å²) in [5, 5.41) is 0.703. The van der Waals surface area contributed by atoms with Crippen LogP contribution in [0.1, 0.15) is 59.9 Å². The lowest BCUT2D eigenvalue weighted by Gasteiger charge is -2.35. The zero-order valence-electron chi connectivity index (χ0n) is 23.0. The summed E-state index contributed by atoms with van der Waals surface area (Å²) in [5.74, 6) is -2.64. The quantitative estimate of drug-likeness (QED) is 0.177. The number of halogens is 1. The fourth-order valence-corrected chi connectivity index (χ4v) is 5.56. The van der Waals surface area contributed by atoms with E-state index < -0.39 is 41.4 Å². The summed E-state index contributed by atoms with van der Waals surface area (Å²) in [5.41, 5.74) is 0.810. The monoisotopic (exact) mass is 661 g/mol. The smallest absolute Gasteiger partial charge is 0.421 e. The van der Waals surface area contributed by atoms with Gasteiger partial charge in [-0.05, 0) is 85.3 Å². The summed E-state index contributed by atoms with van der Waals surface area (Å²) >= 11 is 2.17. The molecule has 0 radical (unpaired) electrons. The van der Waals surface area contributed by atoms with Gasteiger partial charge >= 0.3 is 6.09 Å². The second-order valence-corrected chi connectivity index (χ2v) is 12.1. The molecule has 9 heteroatoms. The van der Waals surface area contributed by atoms with Crippen LogP contribution in [0.4, 0.5) is 10.5 Å². The average molecular weight is 661 g/mol. The van der Waals surface area contributed by atoms with Gasteiger partial charge in [0.05, 0.1) is 22.3 Å². The molecule has 0 bridgehead atoms. The van der Waals surface area contributed by atoms with Crippen LogP contribution in [0.25, 0.3) is 10.9 Å². The number of hydrogen-bond donors (Lipinski definition) is 0. The first-order valence-corrected chi connectivity index (χ1v) is 14.2. The molecule has 1 aliphatic heterocycles. The molecular formula is C32H28IN3O5. The molecular weight excluding hydrogens is 633 g/mol. The Morgan fingerprint density at radius 1 is 0.902 bits per heavy atom. The fourth-order valence-electron chi connectivity index (χ4n) is 5.00. The molecule has 0 fully saturated rings. The van der Waals surface area contributed by atoms with Crippen LogP contribution in [-0.4, -0.2) is 45.3 Å². The minimum atomic E-state index is -1.37. The van der Waals surface area contributed by atoms with Gasteiger partial charge in [-0.15, -0.1) is 0 Å². The third-order valence-corrected chi connectivity index (χ3v) is 7.52. The maximum absolute atomic E-state index is 14.8. The van der Waals surface area contributed by atoms with E-state index in [1.54, 1.807) is 76.4 Å². The molecule has 2 atom stereocenters. The summed E-state index contributed by atoms with van der Waals surface area (Å²) in [6, 6.07) is 21.3. The van der Waals surface area contributed by atoms with Gasteiger partial charge < -0.3 is 4.74 Å². The van der Waals surface area contributed by atoms with E-state index in [0.717, 1.165) is 18.9 Å². The van der Waals surface area contributed by atoms with Crippen molar-refractivity contribution in [3.05, 3.63) is 105 Å². The Morgan fingerprint density at radius 2 is 1.54 bits per heavy atom. The number of amides is 4. The number of fused-ring (bicyclic) bond motifs is 2. The van der Waals surface area contributed by atoms with Gasteiger partial charge in [0.15, 0.2) is 0 Å². The molecule has 208 valence electrons. The molecule has 0 spiro atoms. The number of carbonyl (C=O) groups excluding carboxylic acids is 4. The van der Waals surface area contributed by atoms with Crippen LogP contribution in [0.3, 0.4) is 0 Å². The molecule has 8 nitrogen and oxygen atoms in total. The van der Waals surface area contributed by atoms with Gasteiger partial charge in [0.2, 0.25) is 0 Å². The highest BCUT2D eigenvalue weighted by atomic mass is 127. The van der Waals surface area contributed by atoms with Crippen LogP contribution in [-0.2, 0) is 9.53 Å². The molecule has 0 saturated heterocycles. The zero-order valence-corrected chi connectivity index (χ0v) is 25.2. The number of para-hydroxylation sites is 1. The van der Waals surface area contributed by atoms with E-state index >= 15 is 0 Å². The van der Waals surface area contributed by atoms with Crippen molar-refractivity contribution < 1.29 is 23.9 Å². The van der Waals surface area contributed by atoms with Crippen LogP contribution in [0.2, 0.25) is 0 Å². The van der Waals surface area contributed by atoms with Crippen molar-refractivity contribution in [1.82, 2.24) is 9.88 Å². The first-order chi connectivity index (χ1) is 19.5. The summed E-state index contributed by atoms with van der Waals surface area (Å²) in [6.45, 7) is 6.87. The predicted molar refractivity (Wildman–Crippen MR) is 164 cm³/mol. The standard InChI is InChI=1S/C32H28IN3O5/c1-19(21-11-7-13-22(33)18-21)27(36-28(37)23-14-5-6-15-24(23)29(36)38)30(39)35(31(40)41-32(2,3)4)25-16-8-10-20-12-9-17-34-26(20)25/h5-19,27H,1-4H3/t19?,27-/m0/s1. The lowest BCUT2D eigenvalue weighted by atomic mass is 9.90. The van der Waals surface area contributed by atoms with Gasteiger partial charge in [0.25, 0.3) is 17.7 Å². The molecule has 3 aromatic carbocycles. The van der Waals surface area contributed by atoms with Crippen molar-refractivity contribution in [2.45, 2.75) is 45.3 Å². The van der Waals surface area contributed by atoms with Crippen LogP contribution in [0.15, 0.2) is 85.1 Å². The van der Waals surface area contributed by atoms with Crippen LogP contribution >= 0.6 is 22.6 Å². The number of carbonyl (C=O) groups is 4. The van der Waals surface area contributed by atoms with Crippen molar-refractivity contribution >= 4 is 63.0 Å². The van der Waals surface area contributed by atoms with Crippen molar-refractivity contribution in [3.63, 3.8) is 0 Å². The number of imide groups is 2. The van der Waals surface area contributed by atoms with Crippen LogP contribution in [0, 0.1) is 3.57 Å². The van der Waals surface area contributed by atoms with E-state index in [2.05, 4.69) is 27.6 Å². The Balaban J connectivity index is 1.71. The van der Waals surface area contributed by atoms with Crippen molar-refractivity contribution in [3.8, 4) is 0 Å². The Morgan fingerprint density at radius 3 is 2.17 bits per heavy atom. The third kappa shape index (κ3) is 5.46. The Bertz CT molecular complexity index is 1660. The highest BCUT2D eigenvalue weighted by molar-refractivity contribution is 14.1. The maximum atomic E-state index is 14.8. The molecule has 4 aromatic rings.